The number of likely N-dealkylation sites (tertiary alicyclic amines) is 1. The SMILES string of the molecule is CC(O)CC1CCCCN1CCCCCCO. The molecule has 1 aliphatic rings. The molecule has 3 heteroatoms. The monoisotopic (exact) mass is 243 g/mol. The van der Waals surface area contributed by atoms with Crippen LogP contribution in [-0.2, 0) is 0 Å². The molecule has 0 aromatic carbocycles. The Kier molecular flexibility index (Phi) is 7.82. The summed E-state index contributed by atoms with van der Waals surface area (Å²) < 4.78 is 0. The van der Waals surface area contributed by atoms with Gasteiger partial charge in [-0.2, -0.15) is 0 Å². The van der Waals surface area contributed by atoms with Crippen molar-refractivity contribution in [1.82, 2.24) is 4.90 Å². The second kappa shape index (κ2) is 8.90. The molecule has 1 fully saturated rings. The zero-order valence-corrected chi connectivity index (χ0v) is 11.3. The molecule has 102 valence electrons. The molecule has 17 heavy (non-hydrogen) atoms. The van der Waals surface area contributed by atoms with Crippen LogP contribution in [0.1, 0.15) is 58.3 Å². The molecular formula is C14H29NO2. The van der Waals surface area contributed by atoms with Gasteiger partial charge >= 0.3 is 0 Å². The molecule has 1 aliphatic heterocycles. The van der Waals surface area contributed by atoms with Crippen LogP contribution in [-0.4, -0.2) is 47.0 Å². The summed E-state index contributed by atoms with van der Waals surface area (Å²) in [4.78, 5) is 2.56. The van der Waals surface area contributed by atoms with Gasteiger partial charge in [0.2, 0.25) is 0 Å². The summed E-state index contributed by atoms with van der Waals surface area (Å²) in [7, 11) is 0. The van der Waals surface area contributed by atoms with E-state index >= 15 is 0 Å². The smallest absolute Gasteiger partial charge is 0.0527 e. The minimum absolute atomic E-state index is 0.171. The number of hydrogen-bond acceptors (Lipinski definition) is 3. The van der Waals surface area contributed by atoms with Crippen molar-refractivity contribution in [1.29, 1.82) is 0 Å². The summed E-state index contributed by atoms with van der Waals surface area (Å²) in [6, 6.07) is 0.599. The van der Waals surface area contributed by atoms with Gasteiger partial charge in [0, 0.05) is 12.6 Å². The maximum absolute atomic E-state index is 9.51. The standard InChI is InChI=1S/C14H29NO2/c1-13(17)12-14-8-4-6-10-15(14)9-5-2-3-7-11-16/h13-14,16-17H,2-12H2,1H3. The van der Waals surface area contributed by atoms with Gasteiger partial charge in [-0.15, -0.1) is 0 Å². The van der Waals surface area contributed by atoms with Crippen molar-refractivity contribution in [3.63, 3.8) is 0 Å². The van der Waals surface area contributed by atoms with E-state index < -0.39 is 0 Å². The molecule has 2 atom stereocenters. The first-order chi connectivity index (χ1) is 8.24. The maximum atomic E-state index is 9.51. The van der Waals surface area contributed by atoms with Crippen molar-refractivity contribution < 1.29 is 10.2 Å². The number of piperidine rings is 1. The molecule has 0 aliphatic carbocycles. The summed E-state index contributed by atoms with van der Waals surface area (Å²) in [5.74, 6) is 0. The minimum atomic E-state index is -0.171. The van der Waals surface area contributed by atoms with Gasteiger partial charge in [0.05, 0.1) is 6.10 Å². The van der Waals surface area contributed by atoms with Crippen molar-refractivity contribution in [3.8, 4) is 0 Å². The van der Waals surface area contributed by atoms with Crippen LogP contribution in [0, 0.1) is 0 Å². The lowest BCUT2D eigenvalue weighted by Gasteiger charge is -2.36. The summed E-state index contributed by atoms with van der Waals surface area (Å²) in [6.07, 6.45) is 9.18. The quantitative estimate of drug-likeness (QED) is 0.642. The van der Waals surface area contributed by atoms with Crippen LogP contribution in [0.3, 0.4) is 0 Å². The van der Waals surface area contributed by atoms with Crippen LogP contribution in [0.5, 0.6) is 0 Å². The van der Waals surface area contributed by atoms with Crippen LogP contribution < -0.4 is 0 Å². The number of nitrogens with zero attached hydrogens (tertiary/aromatic N) is 1. The number of hydrogen-bond donors (Lipinski definition) is 2. The Morgan fingerprint density at radius 3 is 2.65 bits per heavy atom. The topological polar surface area (TPSA) is 43.7 Å². The Morgan fingerprint density at radius 1 is 1.18 bits per heavy atom. The Labute approximate surface area is 106 Å². The van der Waals surface area contributed by atoms with Gasteiger partial charge < -0.3 is 15.1 Å². The van der Waals surface area contributed by atoms with Gasteiger partial charge in [-0.25, -0.2) is 0 Å². The Bertz CT molecular complexity index is 185. The van der Waals surface area contributed by atoms with E-state index in [4.69, 9.17) is 5.11 Å². The molecule has 0 amide bonds. The highest BCUT2D eigenvalue weighted by atomic mass is 16.3. The van der Waals surface area contributed by atoms with Crippen LogP contribution in [0.25, 0.3) is 0 Å². The fourth-order valence-corrected chi connectivity index (χ4v) is 2.80. The predicted molar refractivity (Wildman–Crippen MR) is 71.1 cm³/mol. The third-order valence-electron chi connectivity index (χ3n) is 3.72. The third-order valence-corrected chi connectivity index (χ3v) is 3.72. The summed E-state index contributed by atoms with van der Waals surface area (Å²) in [5, 5.41) is 18.2. The molecule has 0 bridgehead atoms. The first-order valence-electron chi connectivity index (χ1n) is 7.27. The van der Waals surface area contributed by atoms with E-state index in [2.05, 4.69) is 4.90 Å². The molecular weight excluding hydrogens is 214 g/mol. The molecule has 1 heterocycles. The molecule has 1 saturated heterocycles. The average Bonchev–Trinajstić information content (AvgIpc) is 2.30. The molecule has 2 N–H and O–H groups in total. The molecule has 2 unspecified atom stereocenters. The van der Waals surface area contributed by atoms with E-state index in [1.54, 1.807) is 0 Å². The van der Waals surface area contributed by atoms with Crippen LogP contribution in [0.2, 0.25) is 0 Å². The van der Waals surface area contributed by atoms with E-state index in [9.17, 15) is 5.11 Å². The Morgan fingerprint density at radius 2 is 1.94 bits per heavy atom. The van der Waals surface area contributed by atoms with Gasteiger partial charge in [0.25, 0.3) is 0 Å². The molecule has 1 rings (SSSR count). The van der Waals surface area contributed by atoms with E-state index in [0.717, 1.165) is 19.3 Å². The average molecular weight is 243 g/mol. The van der Waals surface area contributed by atoms with Gasteiger partial charge in [-0.1, -0.05) is 19.3 Å². The fraction of sp³-hybridized carbons (Fsp3) is 1.00. The number of unbranched alkanes of at least 4 members (excludes halogenated alkanes) is 3. The van der Waals surface area contributed by atoms with Crippen molar-refractivity contribution >= 4 is 0 Å². The first kappa shape index (κ1) is 14.9. The summed E-state index contributed by atoms with van der Waals surface area (Å²) in [5.41, 5.74) is 0. The Hall–Kier alpha value is -0.120. The second-order valence-corrected chi connectivity index (χ2v) is 5.41. The van der Waals surface area contributed by atoms with Crippen molar-refractivity contribution in [3.05, 3.63) is 0 Å². The van der Waals surface area contributed by atoms with Crippen molar-refractivity contribution in [2.75, 3.05) is 19.7 Å². The highest BCUT2D eigenvalue weighted by molar-refractivity contribution is 4.78. The number of rotatable bonds is 8. The van der Waals surface area contributed by atoms with Crippen LogP contribution >= 0.6 is 0 Å². The minimum Gasteiger partial charge on any atom is -0.396 e. The van der Waals surface area contributed by atoms with Crippen molar-refractivity contribution in [2.45, 2.75) is 70.4 Å². The summed E-state index contributed by atoms with van der Waals surface area (Å²) in [6.45, 7) is 4.60. The number of aliphatic hydroxyl groups excluding tert-OH is 2. The first-order valence-corrected chi connectivity index (χ1v) is 7.27. The molecule has 0 aromatic heterocycles. The van der Waals surface area contributed by atoms with Crippen LogP contribution in [0.4, 0.5) is 0 Å². The molecule has 3 nitrogen and oxygen atoms in total. The molecule has 0 spiro atoms. The van der Waals surface area contributed by atoms with E-state index in [-0.39, 0.29) is 6.10 Å². The van der Waals surface area contributed by atoms with Crippen molar-refractivity contribution in [2.24, 2.45) is 0 Å². The number of aliphatic hydroxyl groups is 2. The zero-order valence-electron chi connectivity index (χ0n) is 11.3. The van der Waals surface area contributed by atoms with Gasteiger partial charge in [-0.3, -0.25) is 0 Å². The van der Waals surface area contributed by atoms with E-state index in [0.29, 0.717) is 12.6 Å². The predicted octanol–water partition coefficient (Wildman–Crippen LogP) is 2.16. The lowest BCUT2D eigenvalue weighted by molar-refractivity contribution is 0.0854. The van der Waals surface area contributed by atoms with Crippen LogP contribution in [0.15, 0.2) is 0 Å². The lowest BCUT2D eigenvalue weighted by Crippen LogP contribution is -2.41. The van der Waals surface area contributed by atoms with E-state index in [1.807, 2.05) is 6.92 Å². The maximum Gasteiger partial charge on any atom is 0.0527 e. The van der Waals surface area contributed by atoms with Gasteiger partial charge in [0.1, 0.15) is 0 Å². The second-order valence-electron chi connectivity index (χ2n) is 5.41. The van der Waals surface area contributed by atoms with Gasteiger partial charge in [-0.05, 0) is 52.1 Å². The fourth-order valence-electron chi connectivity index (χ4n) is 2.80. The zero-order chi connectivity index (χ0) is 12.5. The summed E-state index contributed by atoms with van der Waals surface area (Å²) >= 11 is 0. The largest absolute Gasteiger partial charge is 0.396 e. The highest BCUT2D eigenvalue weighted by Crippen LogP contribution is 2.21. The highest BCUT2D eigenvalue weighted by Gasteiger charge is 2.22. The van der Waals surface area contributed by atoms with Gasteiger partial charge in [0.15, 0.2) is 0 Å². The Balaban J connectivity index is 2.18. The molecule has 0 aromatic rings. The molecule has 0 saturated carbocycles. The third kappa shape index (κ3) is 6.39. The normalized spacial score (nSPS) is 23.8. The lowest BCUT2D eigenvalue weighted by atomic mass is 9.97. The van der Waals surface area contributed by atoms with E-state index in [1.165, 1.54) is 45.2 Å². The molecule has 0 radical (unpaired) electrons.